The maximum Gasteiger partial charge on any atom is 0.140 e. The highest BCUT2D eigenvalue weighted by Crippen LogP contribution is 2.29. The van der Waals surface area contributed by atoms with Crippen LogP contribution in [0, 0.1) is 0 Å². The molecule has 0 aliphatic carbocycles. The molecule has 1 aromatic heterocycles. The normalized spacial score (nSPS) is 13.5. The fourth-order valence-electron chi connectivity index (χ4n) is 5.53. The summed E-state index contributed by atoms with van der Waals surface area (Å²) in [5, 5.41) is 9.96. The van der Waals surface area contributed by atoms with Gasteiger partial charge in [0.1, 0.15) is 6.17 Å². The van der Waals surface area contributed by atoms with Crippen molar-refractivity contribution in [3.05, 3.63) is 150 Å². The Morgan fingerprint density at radius 3 is 2.36 bits per heavy atom. The van der Waals surface area contributed by atoms with Crippen LogP contribution in [0.5, 0.6) is 0 Å². The van der Waals surface area contributed by atoms with E-state index in [9.17, 15) is 0 Å². The number of aromatic nitrogens is 1. The lowest BCUT2D eigenvalue weighted by Gasteiger charge is -2.25. The van der Waals surface area contributed by atoms with E-state index in [4.69, 9.17) is 15.8 Å². The zero-order valence-electron chi connectivity index (χ0n) is 23.2. The first kappa shape index (κ1) is 25.8. The molecule has 1 unspecified atom stereocenters. The summed E-state index contributed by atoms with van der Waals surface area (Å²) in [5.74, 6) is 6.78. The Hall–Kier alpha value is -5.10. The van der Waals surface area contributed by atoms with Gasteiger partial charge in [-0.1, -0.05) is 103 Å². The van der Waals surface area contributed by atoms with Gasteiger partial charge >= 0.3 is 0 Å². The molecule has 5 aromatic carbocycles. The first-order valence-corrected chi connectivity index (χ1v) is 14.2. The predicted octanol–water partition coefficient (Wildman–Crippen LogP) is 7.99. The van der Waals surface area contributed by atoms with E-state index < -0.39 is 0 Å². The SMILES string of the molecule is NN(Cc1ccc(-c2ccc3c(c2)NCC=C3)nc1)C(N=Cc1ccc2ccccc2c1)c1ccc2ccccc2c1. The Balaban J connectivity index is 1.16. The van der Waals surface area contributed by atoms with E-state index in [-0.39, 0.29) is 6.17 Å². The Bertz CT molecular complexity index is 1940. The van der Waals surface area contributed by atoms with Crippen LogP contribution in [0.4, 0.5) is 5.69 Å². The maximum atomic E-state index is 6.78. The molecule has 2 heterocycles. The van der Waals surface area contributed by atoms with Gasteiger partial charge in [-0.25, -0.2) is 5.01 Å². The molecule has 0 saturated heterocycles. The van der Waals surface area contributed by atoms with Gasteiger partial charge in [0, 0.05) is 36.8 Å². The van der Waals surface area contributed by atoms with Crippen molar-refractivity contribution in [3.63, 3.8) is 0 Å². The first-order valence-electron chi connectivity index (χ1n) is 14.2. The molecule has 0 saturated carbocycles. The van der Waals surface area contributed by atoms with Gasteiger partial charge in [-0.3, -0.25) is 15.8 Å². The van der Waals surface area contributed by atoms with E-state index in [1.54, 1.807) is 5.01 Å². The van der Waals surface area contributed by atoms with E-state index in [1.165, 1.54) is 21.7 Å². The third kappa shape index (κ3) is 5.44. The van der Waals surface area contributed by atoms with Crippen molar-refractivity contribution in [2.75, 3.05) is 11.9 Å². The molecule has 0 spiro atoms. The molecule has 5 heteroatoms. The molecule has 7 rings (SSSR count). The molecule has 0 fully saturated rings. The minimum absolute atomic E-state index is 0.375. The molecule has 1 aliphatic heterocycles. The number of hydrazine groups is 1. The molecular weight excluding hydrogens is 514 g/mol. The van der Waals surface area contributed by atoms with Gasteiger partial charge in [0.15, 0.2) is 0 Å². The lowest BCUT2D eigenvalue weighted by molar-refractivity contribution is 0.199. The lowest BCUT2D eigenvalue weighted by atomic mass is 10.0. The van der Waals surface area contributed by atoms with Gasteiger partial charge in [0.05, 0.1) is 5.69 Å². The molecule has 42 heavy (non-hydrogen) atoms. The number of hydrogen-bond acceptors (Lipinski definition) is 5. The van der Waals surface area contributed by atoms with Crippen molar-refractivity contribution in [1.82, 2.24) is 9.99 Å². The van der Waals surface area contributed by atoms with Crippen LogP contribution in [0.15, 0.2) is 133 Å². The molecule has 1 atom stereocenters. The summed E-state index contributed by atoms with van der Waals surface area (Å²) in [6.07, 6.45) is 7.74. The number of nitrogens with one attached hydrogen (secondary N) is 1. The number of nitrogens with zero attached hydrogens (tertiary/aromatic N) is 3. The monoisotopic (exact) mass is 545 g/mol. The van der Waals surface area contributed by atoms with Crippen LogP contribution in [-0.4, -0.2) is 22.8 Å². The Morgan fingerprint density at radius 1 is 0.810 bits per heavy atom. The highest BCUT2D eigenvalue weighted by molar-refractivity contribution is 5.90. The lowest BCUT2D eigenvalue weighted by Crippen LogP contribution is -2.34. The summed E-state index contributed by atoms with van der Waals surface area (Å²) in [4.78, 5) is 9.80. The van der Waals surface area contributed by atoms with Gasteiger partial charge in [-0.2, -0.15) is 0 Å². The van der Waals surface area contributed by atoms with Crippen molar-refractivity contribution in [3.8, 4) is 11.3 Å². The molecule has 5 nitrogen and oxygen atoms in total. The van der Waals surface area contributed by atoms with Gasteiger partial charge in [0.25, 0.3) is 0 Å². The van der Waals surface area contributed by atoms with E-state index >= 15 is 0 Å². The van der Waals surface area contributed by atoms with E-state index in [1.807, 2.05) is 12.4 Å². The zero-order chi connectivity index (χ0) is 28.3. The maximum absolute atomic E-state index is 6.78. The molecule has 3 N–H and O–H groups in total. The Morgan fingerprint density at radius 2 is 1.57 bits per heavy atom. The number of benzene rings is 5. The topological polar surface area (TPSA) is 66.5 Å². The molecule has 6 aromatic rings. The fourth-order valence-corrected chi connectivity index (χ4v) is 5.53. The highest BCUT2D eigenvalue weighted by Gasteiger charge is 2.18. The van der Waals surface area contributed by atoms with Crippen molar-refractivity contribution >= 4 is 39.5 Å². The Labute approximate surface area is 245 Å². The standard InChI is InChI=1S/C37H31N5/c38-42(25-27-12-18-35(40-24-27)33-16-15-30-10-5-19-39-36(30)22-33)37(34-17-14-29-7-2-4-9-32(29)21-34)41-23-26-11-13-28-6-1-3-8-31(28)20-26/h1-18,20-24,37,39H,19,25,38H2. The number of aliphatic imine (C=N–C) groups is 1. The second-order valence-corrected chi connectivity index (χ2v) is 10.7. The smallest absolute Gasteiger partial charge is 0.140 e. The van der Waals surface area contributed by atoms with Crippen LogP contribution in [0.1, 0.15) is 28.4 Å². The molecule has 204 valence electrons. The third-order valence-electron chi connectivity index (χ3n) is 7.77. The highest BCUT2D eigenvalue weighted by atomic mass is 15.5. The number of nitrogens with two attached hydrogens (primary N) is 1. The number of pyridine rings is 1. The van der Waals surface area contributed by atoms with Gasteiger partial charge < -0.3 is 5.32 Å². The zero-order valence-corrected chi connectivity index (χ0v) is 23.2. The van der Waals surface area contributed by atoms with E-state index in [0.717, 1.165) is 45.6 Å². The molecule has 0 amide bonds. The third-order valence-corrected chi connectivity index (χ3v) is 7.77. The number of anilines is 1. The number of fused-ring (bicyclic) bond motifs is 3. The van der Waals surface area contributed by atoms with Crippen LogP contribution >= 0.6 is 0 Å². The summed E-state index contributed by atoms with van der Waals surface area (Å²) in [6.45, 7) is 1.34. The fraction of sp³-hybridized carbons (Fsp3) is 0.0811. The minimum Gasteiger partial charge on any atom is -0.381 e. The average molecular weight is 546 g/mol. The van der Waals surface area contributed by atoms with Crippen molar-refractivity contribution in [2.24, 2.45) is 10.8 Å². The molecule has 1 aliphatic rings. The molecule has 0 radical (unpaired) electrons. The second-order valence-electron chi connectivity index (χ2n) is 10.7. The molecule has 0 bridgehead atoms. The van der Waals surface area contributed by atoms with E-state index in [0.29, 0.717) is 6.54 Å². The summed E-state index contributed by atoms with van der Waals surface area (Å²) in [5.41, 5.74) is 7.44. The van der Waals surface area contributed by atoms with Crippen LogP contribution in [0.25, 0.3) is 38.9 Å². The molecular formula is C37H31N5. The minimum atomic E-state index is -0.375. The average Bonchev–Trinajstić information content (AvgIpc) is 3.05. The summed E-state index contributed by atoms with van der Waals surface area (Å²) in [6, 6.07) is 40.1. The first-order chi connectivity index (χ1) is 20.7. The van der Waals surface area contributed by atoms with Crippen molar-refractivity contribution < 1.29 is 0 Å². The largest absolute Gasteiger partial charge is 0.381 e. The van der Waals surface area contributed by atoms with Crippen molar-refractivity contribution in [1.29, 1.82) is 0 Å². The van der Waals surface area contributed by atoms with Crippen LogP contribution < -0.4 is 11.2 Å². The van der Waals surface area contributed by atoms with Gasteiger partial charge in [-0.15, -0.1) is 0 Å². The van der Waals surface area contributed by atoms with Crippen LogP contribution in [-0.2, 0) is 6.54 Å². The number of rotatable bonds is 7. The van der Waals surface area contributed by atoms with Crippen molar-refractivity contribution in [2.45, 2.75) is 12.7 Å². The quantitative estimate of drug-likeness (QED) is 0.121. The summed E-state index contributed by atoms with van der Waals surface area (Å²) in [7, 11) is 0. The predicted molar refractivity (Wildman–Crippen MR) is 175 cm³/mol. The Kier molecular flexibility index (Phi) is 7.02. The second kappa shape index (κ2) is 11.4. The summed E-state index contributed by atoms with van der Waals surface area (Å²) < 4.78 is 0. The summed E-state index contributed by atoms with van der Waals surface area (Å²) >= 11 is 0. The number of hydrogen-bond donors (Lipinski definition) is 2. The van der Waals surface area contributed by atoms with Gasteiger partial charge in [-0.05, 0) is 68.1 Å². The van der Waals surface area contributed by atoms with Gasteiger partial charge in [0.2, 0.25) is 0 Å². The van der Waals surface area contributed by atoms with Crippen LogP contribution in [0.2, 0.25) is 0 Å². The van der Waals surface area contributed by atoms with E-state index in [2.05, 4.69) is 133 Å². The van der Waals surface area contributed by atoms with Crippen LogP contribution in [0.3, 0.4) is 0 Å².